The summed E-state index contributed by atoms with van der Waals surface area (Å²) in [6.07, 6.45) is 0.801. The molecule has 0 aliphatic heterocycles. The van der Waals surface area contributed by atoms with Crippen LogP contribution < -0.4 is 5.32 Å². The molecule has 0 saturated carbocycles. The van der Waals surface area contributed by atoms with Crippen LogP contribution >= 0.6 is 15.9 Å². The van der Waals surface area contributed by atoms with Gasteiger partial charge in [-0.2, -0.15) is 0 Å². The minimum atomic E-state index is -0.939. The van der Waals surface area contributed by atoms with Crippen LogP contribution in [0, 0.1) is 0 Å². The Morgan fingerprint density at radius 1 is 1.42 bits per heavy atom. The van der Waals surface area contributed by atoms with Crippen LogP contribution in [0.15, 0.2) is 28.7 Å². The summed E-state index contributed by atoms with van der Waals surface area (Å²) in [5.41, 5.74) is 0.00278. The molecule has 1 rings (SSSR count). The largest absolute Gasteiger partial charge is 0.388 e. The molecule has 0 fully saturated rings. The lowest BCUT2D eigenvalue weighted by atomic mass is 10.0. The van der Waals surface area contributed by atoms with Crippen LogP contribution in [0.2, 0.25) is 0 Å². The van der Waals surface area contributed by atoms with E-state index < -0.39 is 5.60 Å². The molecule has 2 N–H and O–H groups in total. The molecule has 1 aromatic rings. The predicted molar refractivity (Wildman–Crippen MR) is 78.0 cm³/mol. The maximum Gasteiger partial charge on any atom is 0.224 e. The van der Waals surface area contributed by atoms with Crippen molar-refractivity contribution >= 4 is 21.8 Å². The van der Waals surface area contributed by atoms with Gasteiger partial charge in [-0.25, -0.2) is 0 Å². The van der Waals surface area contributed by atoms with Crippen molar-refractivity contribution in [2.45, 2.75) is 25.4 Å². The first kappa shape index (κ1) is 16.1. The Balaban J connectivity index is 2.37. The zero-order valence-electron chi connectivity index (χ0n) is 11.3. The number of carbonyl (C=O) groups is 1. The summed E-state index contributed by atoms with van der Waals surface area (Å²) in [6.45, 7) is 2.38. The number of benzene rings is 1. The van der Waals surface area contributed by atoms with Crippen molar-refractivity contribution in [3.05, 3.63) is 34.3 Å². The summed E-state index contributed by atoms with van der Waals surface area (Å²) in [6, 6.07) is 7.59. The van der Waals surface area contributed by atoms with E-state index in [4.69, 9.17) is 4.74 Å². The van der Waals surface area contributed by atoms with Crippen LogP contribution in [0.1, 0.15) is 18.9 Å². The van der Waals surface area contributed by atoms with Crippen molar-refractivity contribution in [3.63, 3.8) is 0 Å². The minimum absolute atomic E-state index is 0.0972. The summed E-state index contributed by atoms with van der Waals surface area (Å²) >= 11 is 3.35. The van der Waals surface area contributed by atoms with Gasteiger partial charge in [-0.3, -0.25) is 4.79 Å². The third-order valence-electron chi connectivity index (χ3n) is 2.79. The molecule has 4 nitrogen and oxygen atoms in total. The van der Waals surface area contributed by atoms with E-state index in [9.17, 15) is 9.90 Å². The van der Waals surface area contributed by atoms with Crippen LogP contribution in [0.25, 0.3) is 0 Å². The lowest BCUT2D eigenvalue weighted by Gasteiger charge is -2.23. The summed E-state index contributed by atoms with van der Waals surface area (Å²) in [7, 11) is 1.59. The Labute approximate surface area is 122 Å². The fourth-order valence-electron chi connectivity index (χ4n) is 1.55. The van der Waals surface area contributed by atoms with E-state index in [-0.39, 0.29) is 12.5 Å². The Hall–Kier alpha value is -0.910. The average Bonchev–Trinajstić information content (AvgIpc) is 2.37. The van der Waals surface area contributed by atoms with Gasteiger partial charge in [0, 0.05) is 31.2 Å². The molecule has 0 spiro atoms. The van der Waals surface area contributed by atoms with E-state index in [0.29, 0.717) is 19.4 Å². The van der Waals surface area contributed by atoms with E-state index in [1.54, 1.807) is 14.0 Å². The van der Waals surface area contributed by atoms with Crippen LogP contribution in [-0.2, 0) is 16.0 Å². The first-order valence-corrected chi connectivity index (χ1v) is 6.95. The third-order valence-corrected chi connectivity index (χ3v) is 3.32. The van der Waals surface area contributed by atoms with Crippen molar-refractivity contribution in [2.24, 2.45) is 0 Å². The molecule has 0 aromatic heterocycles. The molecule has 19 heavy (non-hydrogen) atoms. The summed E-state index contributed by atoms with van der Waals surface area (Å²) in [5, 5.41) is 12.7. The smallest absolute Gasteiger partial charge is 0.224 e. The van der Waals surface area contributed by atoms with Crippen molar-refractivity contribution in [3.8, 4) is 0 Å². The van der Waals surface area contributed by atoms with Crippen LogP contribution in [0.4, 0.5) is 0 Å². The van der Waals surface area contributed by atoms with Gasteiger partial charge in [0.1, 0.15) is 0 Å². The zero-order valence-corrected chi connectivity index (χ0v) is 12.9. The molecule has 0 aliphatic rings. The van der Waals surface area contributed by atoms with Crippen molar-refractivity contribution < 1.29 is 14.6 Å². The average molecular weight is 330 g/mol. The van der Waals surface area contributed by atoms with Crippen LogP contribution in [0.3, 0.4) is 0 Å². The van der Waals surface area contributed by atoms with Gasteiger partial charge in [0.25, 0.3) is 0 Å². The second-order valence-electron chi connectivity index (χ2n) is 4.82. The molecular weight excluding hydrogens is 310 g/mol. The lowest BCUT2D eigenvalue weighted by Crippen LogP contribution is -2.41. The Morgan fingerprint density at radius 3 is 2.63 bits per heavy atom. The van der Waals surface area contributed by atoms with Crippen molar-refractivity contribution in [1.29, 1.82) is 0 Å². The molecule has 0 heterocycles. The number of halogens is 1. The zero-order chi connectivity index (χ0) is 14.3. The van der Waals surface area contributed by atoms with E-state index in [1.165, 1.54) is 0 Å². The molecule has 106 valence electrons. The minimum Gasteiger partial charge on any atom is -0.388 e. The maximum absolute atomic E-state index is 11.8. The van der Waals surface area contributed by atoms with Gasteiger partial charge in [0.15, 0.2) is 0 Å². The number of carbonyl (C=O) groups excluding carboxylic acids is 1. The van der Waals surface area contributed by atoms with Crippen LogP contribution in [-0.4, -0.2) is 36.9 Å². The second kappa shape index (κ2) is 7.62. The van der Waals surface area contributed by atoms with Gasteiger partial charge < -0.3 is 15.2 Å². The Morgan fingerprint density at radius 2 is 2.05 bits per heavy atom. The highest BCUT2D eigenvalue weighted by atomic mass is 79.9. The first-order valence-electron chi connectivity index (χ1n) is 6.15. The third kappa shape index (κ3) is 6.71. The number of hydrogen-bond acceptors (Lipinski definition) is 3. The number of ether oxygens (including phenoxy) is 1. The van der Waals surface area contributed by atoms with Gasteiger partial charge in [-0.1, -0.05) is 28.1 Å². The molecular formula is C14H20BrNO3. The first-order chi connectivity index (χ1) is 8.93. The number of nitrogens with one attached hydrogen (secondary N) is 1. The monoisotopic (exact) mass is 329 g/mol. The molecule has 1 atom stereocenters. The van der Waals surface area contributed by atoms with Gasteiger partial charge in [0.05, 0.1) is 12.0 Å². The topological polar surface area (TPSA) is 58.6 Å². The van der Waals surface area contributed by atoms with Gasteiger partial charge >= 0.3 is 0 Å². The van der Waals surface area contributed by atoms with E-state index >= 15 is 0 Å². The van der Waals surface area contributed by atoms with Crippen molar-refractivity contribution in [1.82, 2.24) is 5.32 Å². The van der Waals surface area contributed by atoms with Gasteiger partial charge in [0.2, 0.25) is 5.91 Å². The molecule has 0 bridgehead atoms. The lowest BCUT2D eigenvalue weighted by molar-refractivity contribution is -0.121. The second-order valence-corrected chi connectivity index (χ2v) is 5.74. The van der Waals surface area contributed by atoms with E-state index in [1.807, 2.05) is 24.3 Å². The molecule has 1 unspecified atom stereocenters. The van der Waals surface area contributed by atoms with Crippen LogP contribution in [0.5, 0.6) is 0 Å². The summed E-state index contributed by atoms with van der Waals surface area (Å²) < 4.78 is 5.90. The molecule has 1 aromatic carbocycles. The fourth-order valence-corrected chi connectivity index (χ4v) is 1.81. The molecule has 1 amide bonds. The highest BCUT2D eigenvalue weighted by Gasteiger charge is 2.20. The number of amides is 1. The van der Waals surface area contributed by atoms with Crippen molar-refractivity contribution in [2.75, 3.05) is 20.3 Å². The van der Waals surface area contributed by atoms with Gasteiger partial charge in [-0.05, 0) is 24.6 Å². The van der Waals surface area contributed by atoms with E-state index in [0.717, 1.165) is 10.0 Å². The summed E-state index contributed by atoms with van der Waals surface area (Å²) in [5.74, 6) is -0.0972. The number of aliphatic hydroxyl groups is 1. The predicted octanol–water partition coefficient (Wildman–Crippen LogP) is 1.90. The number of methoxy groups -OCH3 is 1. The van der Waals surface area contributed by atoms with Gasteiger partial charge in [-0.15, -0.1) is 0 Å². The highest BCUT2D eigenvalue weighted by molar-refractivity contribution is 9.10. The maximum atomic E-state index is 11.8. The number of rotatable bonds is 7. The molecule has 0 saturated heterocycles. The number of hydrogen-bond donors (Lipinski definition) is 2. The normalized spacial score (nSPS) is 13.9. The molecule has 5 heteroatoms. The molecule has 0 aliphatic carbocycles. The fraction of sp³-hybridized carbons (Fsp3) is 0.500. The quantitative estimate of drug-likeness (QED) is 0.803. The standard InChI is InChI=1S/C14H20BrNO3/c1-14(18,7-8-19-2)10-16-13(17)9-11-3-5-12(15)6-4-11/h3-6,18H,7-10H2,1-2H3,(H,16,17). The Kier molecular flexibility index (Phi) is 6.48. The Bertz CT molecular complexity index is 404. The molecule has 0 radical (unpaired) electrons. The SMILES string of the molecule is COCCC(C)(O)CNC(=O)Cc1ccc(Br)cc1. The highest BCUT2D eigenvalue weighted by Crippen LogP contribution is 2.11. The summed E-state index contributed by atoms with van der Waals surface area (Å²) in [4.78, 5) is 11.8. The van der Waals surface area contributed by atoms with E-state index in [2.05, 4.69) is 21.2 Å².